The van der Waals surface area contributed by atoms with Gasteiger partial charge in [-0.15, -0.1) is 0 Å². The number of rotatable bonds is 6. The van der Waals surface area contributed by atoms with E-state index in [1.165, 1.54) is 13.0 Å². The molecule has 0 aromatic heterocycles. The number of nitrogens with one attached hydrogen (secondary N) is 1. The Hall–Kier alpha value is -0.610. The molecule has 106 valence electrons. The lowest BCUT2D eigenvalue weighted by Crippen LogP contribution is -2.36. The summed E-state index contributed by atoms with van der Waals surface area (Å²) in [7, 11) is 2.18. The monoisotopic (exact) mass is 255 g/mol. The van der Waals surface area contributed by atoms with Crippen LogP contribution >= 0.6 is 0 Å². The van der Waals surface area contributed by atoms with Crippen molar-refractivity contribution in [1.29, 1.82) is 0 Å². The number of amides is 1. The molecule has 0 bridgehead atoms. The molecule has 0 atom stereocenters. The highest BCUT2D eigenvalue weighted by Crippen LogP contribution is 2.03. The highest BCUT2D eigenvalue weighted by atomic mass is 16.1. The Morgan fingerprint density at radius 2 is 2.00 bits per heavy atom. The van der Waals surface area contributed by atoms with Crippen molar-refractivity contribution in [3.63, 3.8) is 0 Å². The molecule has 1 rings (SSSR count). The summed E-state index contributed by atoms with van der Waals surface area (Å²) in [6.45, 7) is 10.7. The van der Waals surface area contributed by atoms with E-state index in [0.717, 1.165) is 39.1 Å². The van der Waals surface area contributed by atoms with Crippen molar-refractivity contribution < 1.29 is 4.79 Å². The zero-order valence-corrected chi connectivity index (χ0v) is 12.2. The van der Waals surface area contributed by atoms with Gasteiger partial charge in [-0.2, -0.15) is 0 Å². The van der Waals surface area contributed by atoms with Gasteiger partial charge in [0.25, 0.3) is 0 Å². The van der Waals surface area contributed by atoms with Crippen molar-refractivity contribution in [2.75, 3.05) is 46.3 Å². The third kappa shape index (κ3) is 6.97. The Balaban J connectivity index is 2.07. The summed E-state index contributed by atoms with van der Waals surface area (Å²) in [5, 5.41) is 3.02. The molecule has 4 nitrogen and oxygen atoms in total. The maximum absolute atomic E-state index is 11.6. The zero-order chi connectivity index (χ0) is 13.4. The van der Waals surface area contributed by atoms with Crippen molar-refractivity contribution in [1.82, 2.24) is 15.1 Å². The summed E-state index contributed by atoms with van der Waals surface area (Å²) in [5.74, 6) is 0.813. The number of hydrogen-bond donors (Lipinski definition) is 1. The molecular formula is C14H29N3O. The van der Waals surface area contributed by atoms with Gasteiger partial charge >= 0.3 is 0 Å². The zero-order valence-electron chi connectivity index (χ0n) is 12.2. The van der Waals surface area contributed by atoms with Gasteiger partial charge in [-0.05, 0) is 38.9 Å². The van der Waals surface area contributed by atoms with Crippen LogP contribution in [0.5, 0.6) is 0 Å². The number of likely N-dealkylation sites (N-methyl/N-ethyl adjacent to an activating group) is 1. The van der Waals surface area contributed by atoms with Gasteiger partial charge in [0.05, 0.1) is 0 Å². The highest BCUT2D eigenvalue weighted by Gasteiger charge is 2.11. The Morgan fingerprint density at radius 1 is 1.22 bits per heavy atom. The fraction of sp³-hybridized carbons (Fsp3) is 0.929. The molecule has 1 N–H and O–H groups in total. The first-order valence-electron chi connectivity index (χ1n) is 7.25. The third-order valence-electron chi connectivity index (χ3n) is 3.51. The summed E-state index contributed by atoms with van der Waals surface area (Å²) < 4.78 is 0. The minimum Gasteiger partial charge on any atom is -0.355 e. The average molecular weight is 255 g/mol. The lowest BCUT2D eigenvalue weighted by atomic mass is 10.1. The molecule has 4 heteroatoms. The maximum Gasteiger partial charge on any atom is 0.220 e. The number of carbonyl (C=O) groups is 1. The topological polar surface area (TPSA) is 35.6 Å². The Morgan fingerprint density at radius 3 is 2.72 bits per heavy atom. The predicted octanol–water partition coefficient (Wildman–Crippen LogP) is 1.18. The molecule has 1 aliphatic rings. The van der Waals surface area contributed by atoms with Crippen LogP contribution in [0.25, 0.3) is 0 Å². The van der Waals surface area contributed by atoms with E-state index in [2.05, 4.69) is 36.0 Å². The Kier molecular flexibility index (Phi) is 7.28. The molecule has 0 aromatic carbocycles. The fourth-order valence-electron chi connectivity index (χ4n) is 2.19. The Bertz CT molecular complexity index is 243. The van der Waals surface area contributed by atoms with Gasteiger partial charge in [-0.25, -0.2) is 0 Å². The van der Waals surface area contributed by atoms with Crippen LogP contribution in [-0.4, -0.2) is 62.0 Å². The van der Waals surface area contributed by atoms with Gasteiger partial charge < -0.3 is 15.1 Å². The van der Waals surface area contributed by atoms with E-state index >= 15 is 0 Å². The molecule has 0 aromatic rings. The first-order chi connectivity index (χ1) is 8.58. The molecule has 1 heterocycles. The second kappa shape index (κ2) is 8.48. The van der Waals surface area contributed by atoms with Crippen LogP contribution in [0.1, 0.15) is 33.1 Å². The van der Waals surface area contributed by atoms with Crippen molar-refractivity contribution in [2.24, 2.45) is 5.92 Å². The SMILES string of the molecule is CC(C)CCC(=O)NCCN1CCCN(C)CC1. The van der Waals surface area contributed by atoms with E-state index in [9.17, 15) is 4.79 Å². The third-order valence-corrected chi connectivity index (χ3v) is 3.51. The van der Waals surface area contributed by atoms with Crippen LogP contribution in [0.2, 0.25) is 0 Å². The Labute approximate surface area is 112 Å². The molecule has 0 saturated carbocycles. The standard InChI is InChI=1S/C14H29N3O/c1-13(2)5-6-14(18)15-7-10-17-9-4-8-16(3)11-12-17/h13H,4-12H2,1-3H3,(H,15,18). The van der Waals surface area contributed by atoms with E-state index < -0.39 is 0 Å². The van der Waals surface area contributed by atoms with Gasteiger partial charge in [-0.1, -0.05) is 13.8 Å². The van der Waals surface area contributed by atoms with E-state index in [1.54, 1.807) is 0 Å². The molecule has 1 aliphatic heterocycles. The van der Waals surface area contributed by atoms with Gasteiger partial charge in [0.1, 0.15) is 0 Å². The van der Waals surface area contributed by atoms with Crippen molar-refractivity contribution in [3.05, 3.63) is 0 Å². The van der Waals surface area contributed by atoms with E-state index in [0.29, 0.717) is 12.3 Å². The summed E-state index contributed by atoms with van der Waals surface area (Å²) in [5.41, 5.74) is 0. The normalized spacial score (nSPS) is 18.9. The molecule has 1 saturated heterocycles. The molecule has 1 fully saturated rings. The van der Waals surface area contributed by atoms with Crippen LogP contribution in [0, 0.1) is 5.92 Å². The van der Waals surface area contributed by atoms with Crippen molar-refractivity contribution in [2.45, 2.75) is 33.1 Å². The summed E-state index contributed by atoms with van der Waals surface area (Å²) in [6.07, 6.45) is 2.89. The first kappa shape index (κ1) is 15.4. The van der Waals surface area contributed by atoms with Crippen LogP contribution in [-0.2, 0) is 4.79 Å². The average Bonchev–Trinajstić information content (AvgIpc) is 2.52. The number of nitrogens with zero attached hydrogens (tertiary/aromatic N) is 2. The van der Waals surface area contributed by atoms with E-state index in [4.69, 9.17) is 0 Å². The smallest absolute Gasteiger partial charge is 0.220 e. The van der Waals surface area contributed by atoms with Crippen molar-refractivity contribution in [3.8, 4) is 0 Å². The maximum atomic E-state index is 11.6. The van der Waals surface area contributed by atoms with Crippen LogP contribution in [0.4, 0.5) is 0 Å². The summed E-state index contributed by atoms with van der Waals surface area (Å²) in [6, 6.07) is 0. The summed E-state index contributed by atoms with van der Waals surface area (Å²) in [4.78, 5) is 16.4. The lowest BCUT2D eigenvalue weighted by molar-refractivity contribution is -0.121. The summed E-state index contributed by atoms with van der Waals surface area (Å²) >= 11 is 0. The van der Waals surface area contributed by atoms with Gasteiger partial charge in [0, 0.05) is 32.6 Å². The van der Waals surface area contributed by atoms with Crippen LogP contribution in [0.3, 0.4) is 0 Å². The molecule has 1 amide bonds. The van der Waals surface area contributed by atoms with Crippen LogP contribution < -0.4 is 5.32 Å². The fourth-order valence-corrected chi connectivity index (χ4v) is 2.19. The lowest BCUT2D eigenvalue weighted by Gasteiger charge is -2.20. The van der Waals surface area contributed by atoms with Gasteiger partial charge in [0.2, 0.25) is 5.91 Å². The quantitative estimate of drug-likeness (QED) is 0.774. The molecule has 0 unspecified atom stereocenters. The molecular weight excluding hydrogens is 226 g/mol. The number of carbonyl (C=O) groups excluding carboxylic acids is 1. The largest absolute Gasteiger partial charge is 0.355 e. The highest BCUT2D eigenvalue weighted by molar-refractivity contribution is 5.75. The predicted molar refractivity (Wildman–Crippen MR) is 75.6 cm³/mol. The molecule has 0 radical (unpaired) electrons. The minimum atomic E-state index is 0.204. The molecule has 18 heavy (non-hydrogen) atoms. The van der Waals surface area contributed by atoms with Crippen molar-refractivity contribution >= 4 is 5.91 Å². The second-order valence-electron chi connectivity index (χ2n) is 5.78. The molecule has 0 spiro atoms. The van der Waals surface area contributed by atoms with E-state index in [1.807, 2.05) is 0 Å². The molecule has 0 aliphatic carbocycles. The van der Waals surface area contributed by atoms with E-state index in [-0.39, 0.29) is 5.91 Å². The first-order valence-corrected chi connectivity index (χ1v) is 7.25. The van der Waals surface area contributed by atoms with Crippen LogP contribution in [0.15, 0.2) is 0 Å². The second-order valence-corrected chi connectivity index (χ2v) is 5.78. The van der Waals surface area contributed by atoms with Gasteiger partial charge in [0.15, 0.2) is 0 Å². The minimum absolute atomic E-state index is 0.204. The number of hydrogen-bond acceptors (Lipinski definition) is 3. The van der Waals surface area contributed by atoms with Gasteiger partial charge in [-0.3, -0.25) is 4.79 Å².